The van der Waals surface area contributed by atoms with Crippen LogP contribution in [-0.4, -0.2) is 35.2 Å². The molecule has 4 rings (SSSR count). The normalized spacial score (nSPS) is 24.6. The number of carbonyl (C=O) groups is 1. The fraction of sp³-hybridized carbons (Fsp3) is 0.565. The van der Waals surface area contributed by atoms with Crippen LogP contribution >= 0.6 is 23.4 Å². The number of amides is 1. The molecular formula is C23H29ClN2O2S. The van der Waals surface area contributed by atoms with Crippen molar-refractivity contribution < 1.29 is 9.53 Å². The number of nitrogens with zero attached hydrogens (tertiary/aromatic N) is 2. The van der Waals surface area contributed by atoms with Crippen LogP contribution < -0.4 is 4.74 Å². The van der Waals surface area contributed by atoms with Crippen molar-refractivity contribution in [3.05, 3.63) is 33.7 Å². The molecule has 0 spiro atoms. The van der Waals surface area contributed by atoms with E-state index < -0.39 is 0 Å². The van der Waals surface area contributed by atoms with Crippen molar-refractivity contribution in [2.75, 3.05) is 7.11 Å². The highest BCUT2D eigenvalue weighted by molar-refractivity contribution is 8.18. The Morgan fingerprint density at radius 3 is 2.48 bits per heavy atom. The number of halogens is 1. The number of carbonyl (C=O) groups excluding carboxylic acids is 1. The summed E-state index contributed by atoms with van der Waals surface area (Å²) in [5.74, 6) is 0.802. The van der Waals surface area contributed by atoms with Crippen molar-refractivity contribution in [3.8, 4) is 5.75 Å². The molecule has 0 atom stereocenters. The Morgan fingerprint density at radius 2 is 1.79 bits per heavy atom. The summed E-state index contributed by atoms with van der Waals surface area (Å²) in [6.07, 6.45) is 13.8. The molecule has 0 unspecified atom stereocenters. The van der Waals surface area contributed by atoms with Gasteiger partial charge in [-0.25, -0.2) is 0 Å². The predicted octanol–water partition coefficient (Wildman–Crippen LogP) is 6.29. The Hall–Kier alpha value is -1.46. The van der Waals surface area contributed by atoms with Crippen LogP contribution in [0.4, 0.5) is 0 Å². The second-order valence-electron chi connectivity index (χ2n) is 8.17. The lowest BCUT2D eigenvalue weighted by molar-refractivity contribution is -0.124. The molecule has 2 aliphatic carbocycles. The van der Waals surface area contributed by atoms with E-state index in [1.807, 2.05) is 23.1 Å². The summed E-state index contributed by atoms with van der Waals surface area (Å²) in [7, 11) is 1.64. The Balaban J connectivity index is 1.66. The van der Waals surface area contributed by atoms with Gasteiger partial charge in [0.1, 0.15) is 5.75 Å². The Labute approximate surface area is 182 Å². The third-order valence-corrected chi connectivity index (χ3v) is 7.35. The van der Waals surface area contributed by atoms with Gasteiger partial charge in [-0.3, -0.25) is 14.7 Å². The molecule has 4 nitrogen and oxygen atoms in total. The van der Waals surface area contributed by atoms with E-state index in [1.54, 1.807) is 13.2 Å². The first kappa shape index (κ1) is 20.8. The third kappa shape index (κ3) is 4.83. The number of ether oxygens (including phenoxy) is 1. The Morgan fingerprint density at radius 1 is 1.10 bits per heavy atom. The molecule has 6 heteroatoms. The zero-order valence-corrected chi connectivity index (χ0v) is 18.6. The van der Waals surface area contributed by atoms with Crippen LogP contribution in [0, 0.1) is 0 Å². The Kier molecular flexibility index (Phi) is 6.86. The van der Waals surface area contributed by atoms with E-state index in [2.05, 4.69) is 0 Å². The van der Waals surface area contributed by atoms with Gasteiger partial charge in [0.05, 0.1) is 18.1 Å². The van der Waals surface area contributed by atoms with Gasteiger partial charge in [-0.2, -0.15) is 0 Å². The van der Waals surface area contributed by atoms with Crippen LogP contribution in [0.3, 0.4) is 0 Å². The molecule has 0 N–H and O–H groups in total. The molecule has 1 amide bonds. The molecule has 0 bridgehead atoms. The van der Waals surface area contributed by atoms with E-state index in [1.165, 1.54) is 50.3 Å². The van der Waals surface area contributed by atoms with E-state index in [4.69, 9.17) is 21.3 Å². The largest absolute Gasteiger partial charge is 0.496 e. The number of hydrogen-bond donors (Lipinski definition) is 0. The first-order chi connectivity index (χ1) is 14.2. The second-order valence-corrected chi connectivity index (χ2v) is 9.61. The summed E-state index contributed by atoms with van der Waals surface area (Å²) < 4.78 is 5.47. The molecular weight excluding hydrogens is 404 g/mol. The molecule has 1 heterocycles. The average Bonchev–Trinajstić information content (AvgIpc) is 3.04. The number of rotatable bonds is 4. The predicted molar refractivity (Wildman–Crippen MR) is 122 cm³/mol. The monoisotopic (exact) mass is 432 g/mol. The van der Waals surface area contributed by atoms with Gasteiger partial charge in [0.2, 0.25) is 0 Å². The quantitative estimate of drug-likeness (QED) is 0.525. The first-order valence-corrected chi connectivity index (χ1v) is 12.0. The highest BCUT2D eigenvalue weighted by Crippen LogP contribution is 2.39. The maximum Gasteiger partial charge on any atom is 0.267 e. The van der Waals surface area contributed by atoms with E-state index >= 15 is 0 Å². The van der Waals surface area contributed by atoms with Gasteiger partial charge < -0.3 is 4.74 Å². The SMILES string of the molecule is COc1ccc(Cl)cc1C=C1SC(=NC2CCCCC2)N(C2CCCCC2)C1=O. The lowest BCUT2D eigenvalue weighted by Crippen LogP contribution is -2.41. The van der Waals surface area contributed by atoms with E-state index in [0.29, 0.717) is 16.0 Å². The number of benzene rings is 1. The maximum absolute atomic E-state index is 13.4. The molecule has 156 valence electrons. The van der Waals surface area contributed by atoms with Crippen LogP contribution in [0.1, 0.15) is 69.8 Å². The van der Waals surface area contributed by atoms with Crippen molar-refractivity contribution >= 4 is 40.5 Å². The van der Waals surface area contributed by atoms with Gasteiger partial charge in [-0.1, -0.05) is 50.1 Å². The highest BCUT2D eigenvalue weighted by Gasteiger charge is 2.39. The van der Waals surface area contributed by atoms with Gasteiger partial charge >= 0.3 is 0 Å². The average molecular weight is 433 g/mol. The lowest BCUT2D eigenvalue weighted by atomic mass is 9.94. The molecule has 3 fully saturated rings. The molecule has 2 saturated carbocycles. The minimum absolute atomic E-state index is 0.0819. The molecule has 0 radical (unpaired) electrons. The van der Waals surface area contributed by atoms with Crippen molar-refractivity contribution in [3.63, 3.8) is 0 Å². The summed E-state index contributed by atoms with van der Waals surface area (Å²) >= 11 is 7.72. The van der Waals surface area contributed by atoms with Gasteiger partial charge in [0, 0.05) is 16.6 Å². The fourth-order valence-corrected chi connectivity index (χ4v) is 5.84. The number of hydrogen-bond acceptors (Lipinski definition) is 4. The second kappa shape index (κ2) is 9.57. The number of thioether (sulfide) groups is 1. The zero-order chi connectivity index (χ0) is 20.2. The van der Waals surface area contributed by atoms with Crippen molar-refractivity contribution in [1.82, 2.24) is 4.90 Å². The fourth-order valence-electron chi connectivity index (χ4n) is 4.56. The Bertz CT molecular complexity index is 811. The molecule has 1 aromatic carbocycles. The summed E-state index contributed by atoms with van der Waals surface area (Å²) in [5.41, 5.74) is 0.832. The van der Waals surface area contributed by atoms with Crippen molar-refractivity contribution in [2.45, 2.75) is 76.3 Å². The van der Waals surface area contributed by atoms with Crippen molar-refractivity contribution in [1.29, 1.82) is 0 Å². The van der Waals surface area contributed by atoms with Crippen LogP contribution in [0.5, 0.6) is 5.75 Å². The number of amidine groups is 1. The van der Waals surface area contributed by atoms with Crippen LogP contribution in [0.15, 0.2) is 28.1 Å². The van der Waals surface area contributed by atoms with Crippen LogP contribution in [0.25, 0.3) is 6.08 Å². The van der Waals surface area contributed by atoms with Gasteiger partial charge in [-0.05, 0) is 61.7 Å². The third-order valence-electron chi connectivity index (χ3n) is 6.12. The minimum atomic E-state index is 0.0819. The maximum atomic E-state index is 13.4. The molecule has 1 aromatic rings. The molecule has 3 aliphatic rings. The highest BCUT2D eigenvalue weighted by atomic mass is 35.5. The summed E-state index contributed by atoms with van der Waals surface area (Å²) in [6.45, 7) is 0. The van der Waals surface area contributed by atoms with E-state index in [0.717, 1.165) is 42.2 Å². The van der Waals surface area contributed by atoms with Gasteiger partial charge in [0.15, 0.2) is 5.17 Å². The van der Waals surface area contributed by atoms with Crippen LogP contribution in [-0.2, 0) is 4.79 Å². The van der Waals surface area contributed by atoms with Crippen LogP contribution in [0.2, 0.25) is 5.02 Å². The summed E-state index contributed by atoms with van der Waals surface area (Å²) in [6, 6.07) is 6.12. The topological polar surface area (TPSA) is 41.9 Å². The zero-order valence-electron chi connectivity index (χ0n) is 17.0. The molecule has 29 heavy (non-hydrogen) atoms. The lowest BCUT2D eigenvalue weighted by Gasteiger charge is -2.31. The molecule has 1 aliphatic heterocycles. The van der Waals surface area contributed by atoms with Crippen molar-refractivity contribution in [2.24, 2.45) is 4.99 Å². The molecule has 0 aromatic heterocycles. The minimum Gasteiger partial charge on any atom is -0.496 e. The summed E-state index contributed by atoms with van der Waals surface area (Å²) in [4.78, 5) is 21.2. The smallest absolute Gasteiger partial charge is 0.267 e. The molecule has 1 saturated heterocycles. The van der Waals surface area contributed by atoms with Gasteiger partial charge in [-0.15, -0.1) is 0 Å². The summed E-state index contributed by atoms with van der Waals surface area (Å²) in [5, 5.41) is 1.54. The van der Waals surface area contributed by atoms with E-state index in [9.17, 15) is 4.79 Å². The number of aliphatic imine (C=N–C) groups is 1. The van der Waals surface area contributed by atoms with Gasteiger partial charge in [0.25, 0.3) is 5.91 Å². The number of methoxy groups -OCH3 is 1. The standard InChI is InChI=1S/C23H29ClN2O2S/c1-28-20-13-12-17(24)14-16(20)15-21-22(27)26(19-10-6-3-7-11-19)23(29-21)25-18-8-4-2-5-9-18/h12-15,18-19H,2-11H2,1H3. The first-order valence-electron chi connectivity index (χ1n) is 10.8. The van der Waals surface area contributed by atoms with E-state index in [-0.39, 0.29) is 11.9 Å².